The van der Waals surface area contributed by atoms with E-state index in [1.807, 2.05) is 65.0 Å². The minimum atomic E-state index is -0.390. The Morgan fingerprint density at radius 2 is 1.52 bits per heavy atom. The predicted octanol–water partition coefficient (Wildman–Crippen LogP) is 5.33. The Morgan fingerprint density at radius 3 is 2.23 bits per heavy atom. The zero-order chi connectivity index (χ0) is 22.3. The summed E-state index contributed by atoms with van der Waals surface area (Å²) in [7, 11) is 0. The summed E-state index contributed by atoms with van der Waals surface area (Å²) in [4.78, 5) is 25.1. The first kappa shape index (κ1) is 20.9. The quantitative estimate of drug-likeness (QED) is 0.446. The molecule has 0 fully saturated rings. The first-order chi connectivity index (χ1) is 14.8. The van der Waals surface area contributed by atoms with Gasteiger partial charge >= 0.3 is 5.63 Å². The van der Waals surface area contributed by atoms with Crippen LogP contribution in [-0.4, -0.2) is 5.91 Å². The highest BCUT2D eigenvalue weighted by Gasteiger charge is 2.19. The molecule has 1 amide bonds. The SMILES string of the molecule is Cc1ccc(CNC(=O)CCc2c(C)c3cc4c(C)c(C)oc4c(C)c3oc2=O)cc1. The van der Waals surface area contributed by atoms with Crippen molar-refractivity contribution in [1.82, 2.24) is 5.32 Å². The molecule has 0 saturated heterocycles. The lowest BCUT2D eigenvalue weighted by molar-refractivity contribution is -0.121. The Morgan fingerprint density at radius 1 is 0.871 bits per heavy atom. The molecule has 0 atom stereocenters. The molecule has 1 N–H and O–H groups in total. The highest BCUT2D eigenvalue weighted by Crippen LogP contribution is 2.34. The van der Waals surface area contributed by atoms with Gasteiger partial charge in [0.15, 0.2) is 0 Å². The molecule has 2 aromatic carbocycles. The number of hydrogen-bond acceptors (Lipinski definition) is 4. The van der Waals surface area contributed by atoms with Crippen molar-refractivity contribution in [2.45, 2.75) is 54.0 Å². The molecule has 5 heteroatoms. The lowest BCUT2D eigenvalue weighted by Gasteiger charge is -2.10. The van der Waals surface area contributed by atoms with Gasteiger partial charge in [0, 0.05) is 34.9 Å². The van der Waals surface area contributed by atoms with E-state index < -0.39 is 5.63 Å². The van der Waals surface area contributed by atoms with Crippen LogP contribution in [0.5, 0.6) is 0 Å². The van der Waals surface area contributed by atoms with Crippen LogP contribution in [0.25, 0.3) is 21.9 Å². The number of furan rings is 1. The molecule has 2 aromatic heterocycles. The van der Waals surface area contributed by atoms with E-state index in [2.05, 4.69) is 5.32 Å². The third-order valence-corrected chi connectivity index (χ3v) is 6.16. The van der Waals surface area contributed by atoms with Crippen molar-refractivity contribution in [3.8, 4) is 0 Å². The summed E-state index contributed by atoms with van der Waals surface area (Å²) in [5, 5.41) is 4.85. The first-order valence-electron chi connectivity index (χ1n) is 10.5. The summed E-state index contributed by atoms with van der Waals surface area (Å²) < 4.78 is 11.6. The normalized spacial score (nSPS) is 11.4. The van der Waals surface area contributed by atoms with Crippen molar-refractivity contribution in [3.05, 3.63) is 79.9 Å². The molecule has 160 valence electrons. The molecule has 5 nitrogen and oxygen atoms in total. The number of carbonyl (C=O) groups is 1. The minimum Gasteiger partial charge on any atom is -0.461 e. The number of hydrogen-bond donors (Lipinski definition) is 1. The number of nitrogens with one attached hydrogen (secondary N) is 1. The zero-order valence-corrected chi connectivity index (χ0v) is 18.6. The van der Waals surface area contributed by atoms with E-state index in [9.17, 15) is 9.59 Å². The standard InChI is InChI=1S/C26H27NO4/c1-14-6-8-19(9-7-14)13-27-23(28)11-10-20-16(3)22-12-21-15(2)18(5)30-24(21)17(4)25(22)31-26(20)29/h6-9,12H,10-11,13H2,1-5H3,(H,27,28). The van der Waals surface area contributed by atoms with Gasteiger partial charge in [-0.2, -0.15) is 0 Å². The van der Waals surface area contributed by atoms with E-state index in [0.717, 1.165) is 44.4 Å². The van der Waals surface area contributed by atoms with E-state index in [1.165, 1.54) is 5.56 Å². The second kappa shape index (κ2) is 8.06. The summed E-state index contributed by atoms with van der Waals surface area (Å²) in [6.07, 6.45) is 0.568. The van der Waals surface area contributed by atoms with Crippen molar-refractivity contribution in [2.24, 2.45) is 0 Å². The van der Waals surface area contributed by atoms with Crippen molar-refractivity contribution in [1.29, 1.82) is 0 Å². The highest BCUT2D eigenvalue weighted by atomic mass is 16.4. The monoisotopic (exact) mass is 417 g/mol. The number of aryl methyl sites for hydroxylation is 5. The summed E-state index contributed by atoms with van der Waals surface area (Å²) in [5.41, 5.74) is 6.47. The maximum absolute atomic E-state index is 12.7. The van der Waals surface area contributed by atoms with Crippen LogP contribution in [-0.2, 0) is 17.8 Å². The van der Waals surface area contributed by atoms with E-state index in [1.54, 1.807) is 0 Å². The number of carbonyl (C=O) groups excluding carboxylic acids is 1. The van der Waals surface area contributed by atoms with Gasteiger partial charge in [-0.15, -0.1) is 0 Å². The third-order valence-electron chi connectivity index (χ3n) is 6.16. The maximum Gasteiger partial charge on any atom is 0.339 e. The van der Waals surface area contributed by atoms with Crippen LogP contribution in [0.3, 0.4) is 0 Å². The first-order valence-corrected chi connectivity index (χ1v) is 10.5. The van der Waals surface area contributed by atoms with Gasteiger partial charge in [0.2, 0.25) is 5.91 Å². The molecule has 0 radical (unpaired) electrons. The fourth-order valence-electron chi connectivity index (χ4n) is 4.01. The average Bonchev–Trinajstić information content (AvgIpc) is 3.03. The molecular weight excluding hydrogens is 390 g/mol. The Balaban J connectivity index is 1.58. The van der Waals surface area contributed by atoms with Gasteiger partial charge in [0.1, 0.15) is 16.9 Å². The number of fused-ring (bicyclic) bond motifs is 2. The van der Waals surface area contributed by atoms with Gasteiger partial charge in [-0.3, -0.25) is 4.79 Å². The number of rotatable bonds is 5. The lowest BCUT2D eigenvalue weighted by atomic mass is 9.98. The summed E-state index contributed by atoms with van der Waals surface area (Å²) >= 11 is 0. The second-order valence-corrected chi connectivity index (χ2v) is 8.29. The Kier molecular flexibility index (Phi) is 5.44. The van der Waals surface area contributed by atoms with Crippen molar-refractivity contribution < 1.29 is 13.6 Å². The number of amides is 1. The fraction of sp³-hybridized carbons (Fsp3) is 0.308. The van der Waals surface area contributed by atoms with E-state index in [0.29, 0.717) is 24.1 Å². The Bertz CT molecular complexity index is 1360. The highest BCUT2D eigenvalue weighted by molar-refractivity contribution is 6.00. The van der Waals surface area contributed by atoms with Crippen LogP contribution in [0.2, 0.25) is 0 Å². The molecule has 0 bridgehead atoms. The van der Waals surface area contributed by atoms with Crippen LogP contribution in [0.4, 0.5) is 0 Å². The second-order valence-electron chi connectivity index (χ2n) is 8.29. The number of benzene rings is 2. The Labute approximate surface area is 181 Å². The lowest BCUT2D eigenvalue weighted by Crippen LogP contribution is -2.24. The van der Waals surface area contributed by atoms with Gasteiger partial charge in [-0.25, -0.2) is 4.79 Å². The topological polar surface area (TPSA) is 72.5 Å². The molecule has 0 unspecified atom stereocenters. The predicted molar refractivity (Wildman–Crippen MR) is 123 cm³/mol. The summed E-state index contributed by atoms with van der Waals surface area (Å²) in [5.74, 6) is 0.770. The molecule has 0 aliphatic rings. The smallest absolute Gasteiger partial charge is 0.339 e. The summed E-state index contributed by atoms with van der Waals surface area (Å²) in [6, 6.07) is 10.1. The third kappa shape index (κ3) is 3.88. The molecule has 4 aromatic rings. The van der Waals surface area contributed by atoms with E-state index in [4.69, 9.17) is 8.83 Å². The van der Waals surface area contributed by atoms with Crippen LogP contribution >= 0.6 is 0 Å². The molecular formula is C26H27NO4. The molecule has 0 spiro atoms. The minimum absolute atomic E-state index is 0.0904. The van der Waals surface area contributed by atoms with Crippen LogP contribution in [0, 0.1) is 34.6 Å². The molecule has 0 aliphatic heterocycles. The molecule has 2 heterocycles. The van der Waals surface area contributed by atoms with Crippen LogP contribution in [0.15, 0.2) is 44.0 Å². The van der Waals surface area contributed by atoms with Gasteiger partial charge in [0.05, 0.1) is 0 Å². The van der Waals surface area contributed by atoms with Gasteiger partial charge < -0.3 is 14.2 Å². The molecule has 4 rings (SSSR count). The zero-order valence-electron chi connectivity index (χ0n) is 18.6. The largest absolute Gasteiger partial charge is 0.461 e. The van der Waals surface area contributed by atoms with Gasteiger partial charge in [-0.1, -0.05) is 29.8 Å². The van der Waals surface area contributed by atoms with Crippen LogP contribution < -0.4 is 10.9 Å². The van der Waals surface area contributed by atoms with E-state index in [-0.39, 0.29) is 12.3 Å². The molecule has 0 saturated carbocycles. The van der Waals surface area contributed by atoms with Crippen LogP contribution in [0.1, 0.15) is 45.6 Å². The molecule has 0 aliphatic carbocycles. The van der Waals surface area contributed by atoms with E-state index >= 15 is 0 Å². The van der Waals surface area contributed by atoms with Gasteiger partial charge in [-0.05, 0) is 63.8 Å². The maximum atomic E-state index is 12.7. The molecule has 31 heavy (non-hydrogen) atoms. The van der Waals surface area contributed by atoms with Gasteiger partial charge in [0.25, 0.3) is 0 Å². The van der Waals surface area contributed by atoms with Crippen molar-refractivity contribution in [2.75, 3.05) is 0 Å². The van der Waals surface area contributed by atoms with Crippen molar-refractivity contribution in [3.63, 3.8) is 0 Å². The average molecular weight is 418 g/mol. The fourth-order valence-corrected chi connectivity index (χ4v) is 4.01. The summed E-state index contributed by atoms with van der Waals surface area (Å²) in [6.45, 7) is 10.3. The van der Waals surface area contributed by atoms with Crippen molar-refractivity contribution >= 4 is 27.8 Å². The Hall–Kier alpha value is -3.34.